The van der Waals surface area contributed by atoms with Gasteiger partial charge in [0.25, 0.3) is 0 Å². The molecule has 0 N–H and O–H groups in total. The topological polar surface area (TPSA) is 21.7 Å². The fraction of sp³-hybridized carbons (Fsp3) is 0.364. The number of benzene rings is 2. The van der Waals surface area contributed by atoms with Gasteiger partial charge in [0.1, 0.15) is 5.75 Å². The summed E-state index contributed by atoms with van der Waals surface area (Å²) in [5, 5.41) is 0. The molecule has 2 aliphatic heterocycles. The fourth-order valence-electron chi connectivity index (χ4n) is 4.05. The molecular weight excluding hydrogens is 367 g/mol. The highest BCUT2D eigenvalue weighted by atomic mass is 19.4. The highest BCUT2D eigenvalue weighted by Crippen LogP contribution is 2.40. The summed E-state index contributed by atoms with van der Waals surface area (Å²) in [7, 11) is 1.26. The number of hydrogen-bond acceptors (Lipinski definition) is 3. The first-order chi connectivity index (χ1) is 13.5. The van der Waals surface area contributed by atoms with Gasteiger partial charge in [-0.05, 0) is 35.3 Å². The molecule has 0 saturated carbocycles. The number of hydrogen-bond donors (Lipinski definition) is 0. The summed E-state index contributed by atoms with van der Waals surface area (Å²) in [6.07, 6.45) is -1.73. The molecule has 0 spiro atoms. The third-order valence-corrected chi connectivity index (χ3v) is 5.43. The number of fused-ring (bicyclic) bond motifs is 2. The van der Waals surface area contributed by atoms with Crippen molar-refractivity contribution in [3.63, 3.8) is 0 Å². The van der Waals surface area contributed by atoms with Crippen LogP contribution < -0.4 is 4.74 Å². The Bertz CT molecular complexity index is 864. The van der Waals surface area contributed by atoms with Crippen molar-refractivity contribution in [3.8, 4) is 5.75 Å². The summed E-state index contributed by atoms with van der Waals surface area (Å²) >= 11 is 0. The van der Waals surface area contributed by atoms with Crippen molar-refractivity contribution in [3.05, 3.63) is 71.3 Å². The lowest BCUT2D eigenvalue weighted by Gasteiger charge is -2.45. The van der Waals surface area contributed by atoms with Crippen LogP contribution in [0.3, 0.4) is 0 Å². The van der Waals surface area contributed by atoms with Crippen LogP contribution in [-0.4, -0.2) is 37.3 Å². The minimum atomic E-state index is -4.45. The van der Waals surface area contributed by atoms with Gasteiger partial charge in [0, 0.05) is 12.6 Å². The molecule has 2 bridgehead atoms. The van der Waals surface area contributed by atoms with Crippen LogP contribution in [-0.2, 0) is 17.5 Å². The Kier molecular flexibility index (Phi) is 5.17. The van der Waals surface area contributed by atoms with E-state index >= 15 is 0 Å². The van der Waals surface area contributed by atoms with Gasteiger partial charge >= 0.3 is 6.18 Å². The van der Waals surface area contributed by atoms with Crippen LogP contribution in [0.1, 0.15) is 23.1 Å². The van der Waals surface area contributed by atoms with Gasteiger partial charge in [-0.3, -0.25) is 4.90 Å². The van der Waals surface area contributed by atoms with Gasteiger partial charge in [-0.25, -0.2) is 0 Å². The van der Waals surface area contributed by atoms with Crippen molar-refractivity contribution in [1.82, 2.24) is 4.90 Å². The second kappa shape index (κ2) is 7.60. The van der Waals surface area contributed by atoms with Gasteiger partial charge in [0.05, 0.1) is 31.9 Å². The van der Waals surface area contributed by atoms with E-state index in [9.17, 15) is 13.2 Å². The summed E-state index contributed by atoms with van der Waals surface area (Å²) in [5.74, 6) is -0.151. The molecule has 0 aromatic heterocycles. The van der Waals surface area contributed by atoms with E-state index in [-0.39, 0.29) is 17.8 Å². The molecule has 2 aromatic rings. The number of alkyl halides is 3. The van der Waals surface area contributed by atoms with Gasteiger partial charge in [0.15, 0.2) is 0 Å². The van der Waals surface area contributed by atoms with Crippen LogP contribution in [0.15, 0.2) is 54.6 Å². The summed E-state index contributed by atoms with van der Waals surface area (Å²) in [5.41, 5.74) is 2.03. The Morgan fingerprint density at radius 2 is 1.89 bits per heavy atom. The molecule has 2 aliphatic rings. The third kappa shape index (κ3) is 3.80. The summed E-state index contributed by atoms with van der Waals surface area (Å²) in [6.45, 7) is 1.94. The van der Waals surface area contributed by atoms with Crippen molar-refractivity contribution in [2.24, 2.45) is 0 Å². The van der Waals surface area contributed by atoms with Crippen molar-refractivity contribution in [2.75, 3.05) is 20.3 Å². The van der Waals surface area contributed by atoms with Crippen molar-refractivity contribution < 1.29 is 22.6 Å². The van der Waals surface area contributed by atoms with E-state index in [4.69, 9.17) is 9.47 Å². The number of ether oxygens (including phenoxy) is 2. The lowest BCUT2D eigenvalue weighted by atomic mass is 9.88. The average Bonchev–Trinajstić information content (AvgIpc) is 2.67. The van der Waals surface area contributed by atoms with E-state index in [0.717, 1.165) is 12.1 Å². The van der Waals surface area contributed by atoms with Crippen LogP contribution >= 0.6 is 0 Å². The molecule has 1 fully saturated rings. The van der Waals surface area contributed by atoms with Crippen molar-refractivity contribution in [1.29, 1.82) is 0 Å². The number of nitrogens with zero attached hydrogens (tertiary/aromatic N) is 1. The highest BCUT2D eigenvalue weighted by Gasteiger charge is 2.37. The van der Waals surface area contributed by atoms with E-state index in [0.29, 0.717) is 25.2 Å². The molecule has 0 aliphatic carbocycles. The Balaban J connectivity index is 1.64. The van der Waals surface area contributed by atoms with Crippen LogP contribution in [0.5, 0.6) is 5.75 Å². The Morgan fingerprint density at radius 1 is 1.11 bits per heavy atom. The quantitative estimate of drug-likeness (QED) is 0.752. The molecule has 0 radical (unpaired) electrons. The van der Waals surface area contributed by atoms with E-state index < -0.39 is 11.7 Å². The second-order valence-electron chi connectivity index (χ2n) is 7.23. The molecule has 4 rings (SSSR count). The van der Waals surface area contributed by atoms with Crippen LogP contribution in [0.25, 0.3) is 5.57 Å². The summed E-state index contributed by atoms with van der Waals surface area (Å²) in [4.78, 5) is 2.39. The molecule has 2 heterocycles. The van der Waals surface area contributed by atoms with Crippen molar-refractivity contribution >= 4 is 5.57 Å². The predicted molar refractivity (Wildman–Crippen MR) is 101 cm³/mol. The lowest BCUT2D eigenvalue weighted by molar-refractivity contribution is -0.138. The highest BCUT2D eigenvalue weighted by molar-refractivity contribution is 5.69. The Morgan fingerprint density at radius 3 is 2.57 bits per heavy atom. The van der Waals surface area contributed by atoms with Gasteiger partial charge in [-0.15, -0.1) is 0 Å². The van der Waals surface area contributed by atoms with Gasteiger partial charge < -0.3 is 9.47 Å². The Labute approximate surface area is 162 Å². The maximum atomic E-state index is 13.4. The number of halogens is 3. The van der Waals surface area contributed by atoms with E-state index in [1.165, 1.54) is 24.8 Å². The first-order valence-electron chi connectivity index (χ1n) is 9.29. The maximum absolute atomic E-state index is 13.4. The monoisotopic (exact) mass is 389 g/mol. The summed E-state index contributed by atoms with van der Waals surface area (Å²) in [6, 6.07) is 14.7. The Hall–Kier alpha value is -2.31. The minimum Gasteiger partial charge on any atom is -0.496 e. The lowest BCUT2D eigenvalue weighted by Crippen LogP contribution is -2.53. The number of methoxy groups -OCH3 is 1. The molecule has 0 amide bonds. The normalized spacial score (nSPS) is 22.6. The number of morpholine rings is 1. The molecule has 2 atom stereocenters. The average molecular weight is 389 g/mol. The smallest absolute Gasteiger partial charge is 0.419 e. The molecular formula is C22H22F3NO2. The minimum absolute atomic E-state index is 0.0548. The summed E-state index contributed by atoms with van der Waals surface area (Å²) < 4.78 is 50.8. The molecule has 1 saturated heterocycles. The van der Waals surface area contributed by atoms with Gasteiger partial charge in [0.2, 0.25) is 0 Å². The molecule has 3 nitrogen and oxygen atoms in total. The van der Waals surface area contributed by atoms with Gasteiger partial charge in [-0.2, -0.15) is 13.2 Å². The third-order valence-electron chi connectivity index (χ3n) is 5.43. The predicted octanol–water partition coefficient (Wildman–Crippen LogP) is 4.77. The second-order valence-corrected chi connectivity index (χ2v) is 7.23. The molecule has 6 heteroatoms. The molecule has 2 aromatic carbocycles. The fourth-order valence-corrected chi connectivity index (χ4v) is 4.05. The molecule has 148 valence electrons. The largest absolute Gasteiger partial charge is 0.496 e. The zero-order valence-electron chi connectivity index (χ0n) is 15.6. The zero-order chi connectivity index (χ0) is 19.7. The van der Waals surface area contributed by atoms with Crippen LogP contribution in [0.2, 0.25) is 0 Å². The molecule has 28 heavy (non-hydrogen) atoms. The first kappa shape index (κ1) is 19.0. The molecule has 2 unspecified atom stereocenters. The number of rotatable bonds is 4. The zero-order valence-corrected chi connectivity index (χ0v) is 15.6. The van der Waals surface area contributed by atoms with E-state index in [1.54, 1.807) is 6.07 Å². The van der Waals surface area contributed by atoms with E-state index in [1.807, 2.05) is 18.2 Å². The van der Waals surface area contributed by atoms with Crippen LogP contribution in [0, 0.1) is 0 Å². The maximum Gasteiger partial charge on any atom is 0.419 e. The van der Waals surface area contributed by atoms with Gasteiger partial charge in [-0.1, -0.05) is 42.5 Å². The van der Waals surface area contributed by atoms with Crippen LogP contribution in [0.4, 0.5) is 13.2 Å². The first-order valence-corrected chi connectivity index (χ1v) is 9.29. The standard InChI is InChI=1S/C22H22F3NO2/c1-27-21-8-7-16(11-20(21)22(23,24)25)17-9-18-13-28-14-19(10-17)26(18)12-15-5-3-2-4-6-15/h2-9,11,18-19H,10,12-14H2,1H3. The van der Waals surface area contributed by atoms with Crippen molar-refractivity contribution in [2.45, 2.75) is 31.2 Å². The van der Waals surface area contributed by atoms with E-state index in [2.05, 4.69) is 23.1 Å². The SMILES string of the molecule is COc1ccc(C2=CC3COCC(C2)N3Cc2ccccc2)cc1C(F)(F)F.